The Morgan fingerprint density at radius 2 is 2.35 bits per heavy atom. The van der Waals surface area contributed by atoms with Gasteiger partial charge in [-0.15, -0.1) is 11.6 Å². The van der Waals surface area contributed by atoms with Crippen molar-refractivity contribution in [2.45, 2.75) is 6.10 Å². The molecule has 17 heavy (non-hydrogen) atoms. The Bertz CT molecular complexity index is 400. The minimum absolute atomic E-state index is 0.167. The highest BCUT2D eigenvalue weighted by atomic mass is 127. The molecule has 1 rings (SSSR count). The number of carbonyl (C=O) groups is 1. The molecule has 94 valence electrons. The second-order valence-corrected chi connectivity index (χ2v) is 4.74. The van der Waals surface area contributed by atoms with Crippen molar-refractivity contribution in [3.8, 4) is 0 Å². The Morgan fingerprint density at radius 1 is 1.65 bits per heavy atom. The normalized spacial score (nSPS) is 12.0. The van der Waals surface area contributed by atoms with Gasteiger partial charge in [0, 0.05) is 12.2 Å². The summed E-state index contributed by atoms with van der Waals surface area (Å²) in [5.41, 5.74) is 1.27. The van der Waals surface area contributed by atoms with Crippen molar-refractivity contribution in [2.24, 2.45) is 0 Å². The van der Waals surface area contributed by atoms with E-state index in [9.17, 15) is 9.90 Å². The second kappa shape index (κ2) is 7.03. The molecule has 0 spiro atoms. The Morgan fingerprint density at radius 3 is 2.94 bits per heavy atom. The number of methoxy groups -OCH3 is 1. The van der Waals surface area contributed by atoms with Gasteiger partial charge in [0.25, 0.3) is 0 Å². The van der Waals surface area contributed by atoms with E-state index in [1.807, 2.05) is 6.07 Å². The van der Waals surface area contributed by atoms with Crippen LogP contribution in [-0.2, 0) is 4.74 Å². The molecule has 6 heteroatoms. The second-order valence-electron chi connectivity index (χ2n) is 3.35. The van der Waals surface area contributed by atoms with Gasteiger partial charge in [0.15, 0.2) is 0 Å². The topological polar surface area (TPSA) is 58.6 Å². The molecule has 4 nitrogen and oxygen atoms in total. The van der Waals surface area contributed by atoms with Crippen molar-refractivity contribution in [3.63, 3.8) is 0 Å². The predicted molar refractivity (Wildman–Crippen MR) is 75.7 cm³/mol. The Labute approximate surface area is 118 Å². The lowest BCUT2D eigenvalue weighted by Crippen LogP contribution is -2.21. The van der Waals surface area contributed by atoms with Gasteiger partial charge in [-0.2, -0.15) is 0 Å². The van der Waals surface area contributed by atoms with Crippen LogP contribution in [0.4, 0.5) is 5.69 Å². The zero-order valence-electron chi connectivity index (χ0n) is 9.24. The predicted octanol–water partition coefficient (Wildman–Crippen LogP) is 2.09. The first-order valence-electron chi connectivity index (χ1n) is 4.95. The first kappa shape index (κ1) is 14.5. The van der Waals surface area contributed by atoms with Crippen LogP contribution >= 0.6 is 34.2 Å². The van der Waals surface area contributed by atoms with Crippen LogP contribution in [0, 0.1) is 3.57 Å². The van der Waals surface area contributed by atoms with Crippen LogP contribution < -0.4 is 5.32 Å². The standard InChI is InChI=1S/C11H13ClINO3/c1-17-11(16)8-3-2-4-9(10(8)13)14-6-7(15)5-12/h2-4,7,14-15H,5-6H2,1H3. The van der Waals surface area contributed by atoms with Gasteiger partial charge in [0.05, 0.1) is 28.2 Å². The van der Waals surface area contributed by atoms with E-state index >= 15 is 0 Å². The number of alkyl halides is 1. The number of hydrogen-bond acceptors (Lipinski definition) is 4. The molecule has 0 bridgehead atoms. The molecular weight excluding hydrogens is 356 g/mol. The molecule has 0 saturated carbocycles. The van der Waals surface area contributed by atoms with Crippen molar-refractivity contribution < 1.29 is 14.6 Å². The monoisotopic (exact) mass is 369 g/mol. The first-order valence-corrected chi connectivity index (χ1v) is 6.56. The van der Waals surface area contributed by atoms with Crippen LogP contribution in [-0.4, -0.2) is 36.7 Å². The number of halogens is 2. The third-order valence-corrected chi connectivity index (χ3v) is 3.63. The number of hydrogen-bond donors (Lipinski definition) is 2. The van der Waals surface area contributed by atoms with Crippen LogP contribution in [0.1, 0.15) is 10.4 Å². The summed E-state index contributed by atoms with van der Waals surface area (Å²) in [6.07, 6.45) is -0.616. The number of rotatable bonds is 5. The molecule has 0 radical (unpaired) electrons. The van der Waals surface area contributed by atoms with E-state index in [2.05, 4.69) is 32.6 Å². The van der Waals surface area contributed by atoms with E-state index in [0.29, 0.717) is 12.1 Å². The smallest absolute Gasteiger partial charge is 0.339 e. The van der Waals surface area contributed by atoms with Crippen molar-refractivity contribution in [1.82, 2.24) is 0 Å². The number of carbonyl (C=O) groups excluding carboxylic acids is 1. The number of esters is 1. The number of anilines is 1. The maximum atomic E-state index is 11.5. The van der Waals surface area contributed by atoms with Gasteiger partial charge < -0.3 is 15.2 Å². The van der Waals surface area contributed by atoms with Crippen LogP contribution in [0.2, 0.25) is 0 Å². The highest BCUT2D eigenvalue weighted by Gasteiger charge is 2.13. The van der Waals surface area contributed by atoms with Gasteiger partial charge in [-0.1, -0.05) is 6.07 Å². The van der Waals surface area contributed by atoms with Crippen LogP contribution in [0.3, 0.4) is 0 Å². The Hall–Kier alpha value is -0.530. The number of nitrogens with one attached hydrogen (secondary N) is 1. The van der Waals surface area contributed by atoms with Gasteiger partial charge in [-0.25, -0.2) is 4.79 Å². The number of benzene rings is 1. The SMILES string of the molecule is COC(=O)c1cccc(NCC(O)CCl)c1I. The summed E-state index contributed by atoms with van der Waals surface area (Å²) in [5, 5.41) is 12.4. The first-order chi connectivity index (χ1) is 8.10. The van der Waals surface area contributed by atoms with Crippen molar-refractivity contribution >= 4 is 45.8 Å². The summed E-state index contributed by atoms with van der Waals surface area (Å²) in [5.74, 6) is -0.212. The van der Waals surface area contributed by atoms with Crippen LogP contribution in [0.25, 0.3) is 0 Å². The van der Waals surface area contributed by atoms with E-state index in [-0.39, 0.29) is 11.8 Å². The maximum Gasteiger partial charge on any atom is 0.339 e. The molecule has 0 saturated heterocycles. The Kier molecular flexibility index (Phi) is 6.01. The van der Waals surface area contributed by atoms with Gasteiger partial charge >= 0.3 is 5.97 Å². The lowest BCUT2D eigenvalue weighted by Gasteiger charge is -2.13. The van der Waals surface area contributed by atoms with Crippen LogP contribution in [0.5, 0.6) is 0 Å². The summed E-state index contributed by atoms with van der Waals surface area (Å²) >= 11 is 7.56. The number of aliphatic hydroxyl groups excluding tert-OH is 1. The lowest BCUT2D eigenvalue weighted by atomic mass is 10.2. The molecule has 1 atom stereocenters. The van der Waals surface area contributed by atoms with Crippen molar-refractivity contribution in [3.05, 3.63) is 27.3 Å². The molecular formula is C11H13ClINO3. The zero-order valence-corrected chi connectivity index (χ0v) is 12.2. The molecule has 0 aliphatic rings. The molecule has 1 aromatic rings. The highest BCUT2D eigenvalue weighted by molar-refractivity contribution is 14.1. The Balaban J connectivity index is 2.83. The molecule has 2 N–H and O–H groups in total. The van der Waals surface area contributed by atoms with E-state index in [0.717, 1.165) is 9.26 Å². The molecule has 0 amide bonds. The van der Waals surface area contributed by atoms with E-state index in [1.165, 1.54) is 7.11 Å². The average molecular weight is 370 g/mol. The minimum Gasteiger partial charge on any atom is -0.465 e. The number of ether oxygens (including phenoxy) is 1. The lowest BCUT2D eigenvalue weighted by molar-refractivity contribution is 0.0599. The number of aliphatic hydroxyl groups is 1. The van der Waals surface area contributed by atoms with E-state index in [4.69, 9.17) is 11.6 Å². The van der Waals surface area contributed by atoms with Gasteiger partial charge in [-0.3, -0.25) is 0 Å². The summed E-state index contributed by atoms with van der Waals surface area (Å²) in [7, 11) is 1.34. The fourth-order valence-corrected chi connectivity index (χ4v) is 2.10. The van der Waals surface area contributed by atoms with Gasteiger partial charge in [0.1, 0.15) is 0 Å². The maximum absolute atomic E-state index is 11.5. The van der Waals surface area contributed by atoms with Gasteiger partial charge in [-0.05, 0) is 34.7 Å². The summed E-state index contributed by atoms with van der Waals surface area (Å²) in [6, 6.07) is 5.27. The highest BCUT2D eigenvalue weighted by Crippen LogP contribution is 2.22. The summed E-state index contributed by atoms with van der Waals surface area (Å²) in [4.78, 5) is 11.5. The molecule has 0 aliphatic heterocycles. The van der Waals surface area contributed by atoms with Crippen molar-refractivity contribution in [1.29, 1.82) is 0 Å². The third kappa shape index (κ3) is 4.01. The van der Waals surface area contributed by atoms with Crippen LogP contribution in [0.15, 0.2) is 18.2 Å². The zero-order chi connectivity index (χ0) is 12.8. The summed E-state index contributed by atoms with van der Waals surface area (Å²) < 4.78 is 5.44. The molecule has 0 aromatic heterocycles. The molecule has 1 unspecified atom stereocenters. The molecule has 0 aliphatic carbocycles. The molecule has 1 aromatic carbocycles. The molecule has 0 heterocycles. The van der Waals surface area contributed by atoms with E-state index < -0.39 is 6.10 Å². The van der Waals surface area contributed by atoms with E-state index in [1.54, 1.807) is 12.1 Å². The quantitative estimate of drug-likeness (QED) is 0.474. The largest absolute Gasteiger partial charge is 0.465 e. The third-order valence-electron chi connectivity index (χ3n) is 2.11. The van der Waals surface area contributed by atoms with Gasteiger partial charge in [0.2, 0.25) is 0 Å². The van der Waals surface area contributed by atoms with Crippen molar-refractivity contribution in [2.75, 3.05) is 24.9 Å². The molecule has 0 fully saturated rings. The fourth-order valence-electron chi connectivity index (χ4n) is 1.22. The average Bonchev–Trinajstić information content (AvgIpc) is 2.36. The minimum atomic E-state index is -0.616. The summed E-state index contributed by atoms with van der Waals surface area (Å²) in [6.45, 7) is 0.337. The fraction of sp³-hybridized carbons (Fsp3) is 0.364.